The van der Waals surface area contributed by atoms with Gasteiger partial charge in [-0.1, -0.05) is 28.7 Å². The van der Waals surface area contributed by atoms with Crippen molar-refractivity contribution >= 4 is 53.4 Å². The first kappa shape index (κ1) is 13.4. The van der Waals surface area contributed by atoms with Crippen LogP contribution in [0.25, 0.3) is 20.4 Å². The van der Waals surface area contributed by atoms with Gasteiger partial charge in [0.25, 0.3) is 0 Å². The van der Waals surface area contributed by atoms with Crippen LogP contribution in [0.1, 0.15) is 0 Å². The van der Waals surface area contributed by atoms with Gasteiger partial charge in [0.15, 0.2) is 10.3 Å². The van der Waals surface area contributed by atoms with Crippen LogP contribution in [0.4, 0.5) is 14.7 Å². The second-order valence-corrected chi connectivity index (χ2v) is 6.64. The van der Waals surface area contributed by atoms with Crippen molar-refractivity contribution in [1.82, 2.24) is 9.97 Å². The minimum Gasteiger partial charge on any atom is -0.497 e. The number of anilines is 2. The lowest BCUT2D eigenvalue weighted by Gasteiger charge is -1.96. The lowest BCUT2D eigenvalue weighted by atomic mass is 10.3. The average molecular weight is 331 g/mol. The van der Waals surface area contributed by atoms with Gasteiger partial charge < -0.3 is 10.1 Å². The van der Waals surface area contributed by atoms with Gasteiger partial charge in [-0.05, 0) is 24.3 Å². The lowest BCUT2D eigenvalue weighted by Crippen LogP contribution is -1.87. The Hall–Kier alpha value is -2.25. The van der Waals surface area contributed by atoms with Crippen LogP contribution in [0.2, 0.25) is 0 Å². The Morgan fingerprint density at radius 3 is 2.68 bits per heavy atom. The molecule has 0 atom stereocenters. The fourth-order valence-electron chi connectivity index (χ4n) is 2.15. The number of rotatable bonds is 3. The van der Waals surface area contributed by atoms with E-state index < -0.39 is 0 Å². The first-order valence-corrected chi connectivity index (χ1v) is 8.13. The number of benzene rings is 2. The van der Waals surface area contributed by atoms with E-state index in [2.05, 4.69) is 15.3 Å². The lowest BCUT2D eigenvalue weighted by molar-refractivity contribution is 0.415. The Kier molecular flexibility index (Phi) is 3.16. The summed E-state index contributed by atoms with van der Waals surface area (Å²) in [5, 5.41) is 4.51. The van der Waals surface area contributed by atoms with Crippen LogP contribution in [-0.2, 0) is 0 Å². The van der Waals surface area contributed by atoms with E-state index in [0.717, 1.165) is 25.8 Å². The first-order chi connectivity index (χ1) is 10.7. The number of hydrogen-bond donors (Lipinski definition) is 1. The molecular weight excluding hydrogens is 321 g/mol. The molecule has 2 aromatic heterocycles. The van der Waals surface area contributed by atoms with Crippen molar-refractivity contribution in [2.75, 3.05) is 12.4 Å². The number of halogens is 1. The SMILES string of the molecule is COc1ccc2sc(Nc3nc4c(F)cccc4s3)nc2c1. The second-order valence-electron chi connectivity index (χ2n) is 4.58. The molecule has 0 aliphatic carbocycles. The van der Waals surface area contributed by atoms with Gasteiger partial charge in [-0.3, -0.25) is 0 Å². The molecule has 0 amide bonds. The van der Waals surface area contributed by atoms with Gasteiger partial charge in [-0.2, -0.15) is 0 Å². The number of ether oxygens (including phenoxy) is 1. The summed E-state index contributed by atoms with van der Waals surface area (Å²) in [5.41, 5.74) is 1.25. The van der Waals surface area contributed by atoms with Crippen molar-refractivity contribution in [1.29, 1.82) is 0 Å². The van der Waals surface area contributed by atoms with Gasteiger partial charge in [-0.15, -0.1) is 0 Å². The van der Waals surface area contributed by atoms with E-state index in [1.54, 1.807) is 13.2 Å². The number of fused-ring (bicyclic) bond motifs is 2. The van der Waals surface area contributed by atoms with Crippen molar-refractivity contribution in [3.63, 3.8) is 0 Å². The summed E-state index contributed by atoms with van der Waals surface area (Å²) in [6.45, 7) is 0. The maximum Gasteiger partial charge on any atom is 0.190 e. The van der Waals surface area contributed by atoms with Gasteiger partial charge in [0.05, 0.1) is 22.0 Å². The van der Waals surface area contributed by atoms with E-state index in [1.807, 2.05) is 24.3 Å². The molecular formula is C15H10FN3OS2. The molecule has 4 rings (SSSR count). The molecule has 0 bridgehead atoms. The van der Waals surface area contributed by atoms with Crippen LogP contribution in [0.3, 0.4) is 0 Å². The van der Waals surface area contributed by atoms with Crippen molar-refractivity contribution in [3.05, 3.63) is 42.2 Å². The van der Waals surface area contributed by atoms with Crippen LogP contribution in [0.5, 0.6) is 5.75 Å². The maximum absolute atomic E-state index is 13.7. The monoisotopic (exact) mass is 331 g/mol. The topological polar surface area (TPSA) is 47.0 Å². The summed E-state index contributed by atoms with van der Waals surface area (Å²) in [7, 11) is 1.63. The fourth-order valence-corrected chi connectivity index (χ4v) is 3.94. The number of methoxy groups -OCH3 is 1. The zero-order chi connectivity index (χ0) is 15.1. The molecule has 0 saturated carbocycles. The quantitative estimate of drug-likeness (QED) is 0.586. The average Bonchev–Trinajstić information content (AvgIpc) is 3.10. The maximum atomic E-state index is 13.7. The third-order valence-electron chi connectivity index (χ3n) is 3.18. The molecule has 0 aliphatic heterocycles. The number of nitrogens with zero attached hydrogens (tertiary/aromatic N) is 2. The predicted molar refractivity (Wildman–Crippen MR) is 89.0 cm³/mol. The Morgan fingerprint density at radius 2 is 1.86 bits per heavy atom. The van der Waals surface area contributed by atoms with Crippen LogP contribution in [0, 0.1) is 5.82 Å². The Bertz CT molecular complexity index is 979. The van der Waals surface area contributed by atoms with Gasteiger partial charge in [-0.25, -0.2) is 14.4 Å². The van der Waals surface area contributed by atoms with Crippen LogP contribution >= 0.6 is 22.7 Å². The zero-order valence-electron chi connectivity index (χ0n) is 11.5. The van der Waals surface area contributed by atoms with Gasteiger partial charge in [0, 0.05) is 6.07 Å². The number of para-hydroxylation sites is 1. The third-order valence-corrected chi connectivity index (χ3v) is 5.07. The summed E-state index contributed by atoms with van der Waals surface area (Å²) < 4.78 is 20.7. The summed E-state index contributed by atoms with van der Waals surface area (Å²) in [5.74, 6) is 0.460. The molecule has 0 spiro atoms. The van der Waals surface area contributed by atoms with Crippen LogP contribution in [-0.4, -0.2) is 17.1 Å². The largest absolute Gasteiger partial charge is 0.497 e. The number of aromatic nitrogens is 2. The molecule has 0 aliphatic rings. The standard InChI is InChI=1S/C15H10FN3OS2/c1-20-8-5-6-11-10(7-8)17-14(21-11)19-15-18-13-9(16)3-2-4-12(13)22-15/h2-7H,1H3,(H,17,18,19). The molecule has 2 heterocycles. The molecule has 1 N–H and O–H groups in total. The van der Waals surface area contributed by atoms with Crippen molar-refractivity contribution < 1.29 is 9.13 Å². The van der Waals surface area contributed by atoms with Crippen LogP contribution in [0.15, 0.2) is 36.4 Å². The fraction of sp³-hybridized carbons (Fsp3) is 0.0667. The Balaban J connectivity index is 1.70. The first-order valence-electron chi connectivity index (χ1n) is 6.49. The summed E-state index contributed by atoms with van der Waals surface area (Å²) in [6.07, 6.45) is 0. The molecule has 4 aromatic rings. The molecule has 0 fully saturated rings. The van der Waals surface area contributed by atoms with Crippen molar-refractivity contribution in [3.8, 4) is 5.75 Å². The zero-order valence-corrected chi connectivity index (χ0v) is 13.1. The number of nitrogens with one attached hydrogen (secondary N) is 1. The minimum atomic E-state index is -0.309. The van der Waals surface area contributed by atoms with E-state index in [0.29, 0.717) is 10.6 Å². The summed E-state index contributed by atoms with van der Waals surface area (Å²) >= 11 is 2.92. The Morgan fingerprint density at radius 1 is 1.05 bits per heavy atom. The van der Waals surface area contributed by atoms with Gasteiger partial charge >= 0.3 is 0 Å². The molecule has 0 unspecified atom stereocenters. The van der Waals surface area contributed by atoms with Gasteiger partial charge in [0.1, 0.15) is 17.1 Å². The van der Waals surface area contributed by atoms with E-state index in [4.69, 9.17) is 4.74 Å². The van der Waals surface area contributed by atoms with E-state index in [9.17, 15) is 4.39 Å². The molecule has 0 radical (unpaired) electrons. The molecule has 22 heavy (non-hydrogen) atoms. The highest BCUT2D eigenvalue weighted by molar-refractivity contribution is 7.24. The molecule has 4 nitrogen and oxygen atoms in total. The van der Waals surface area contributed by atoms with Gasteiger partial charge in [0.2, 0.25) is 0 Å². The number of hydrogen-bond acceptors (Lipinski definition) is 6. The van der Waals surface area contributed by atoms with E-state index in [1.165, 1.54) is 28.7 Å². The van der Waals surface area contributed by atoms with E-state index >= 15 is 0 Å². The molecule has 7 heteroatoms. The van der Waals surface area contributed by atoms with E-state index in [-0.39, 0.29) is 5.82 Å². The predicted octanol–water partition coefficient (Wildman–Crippen LogP) is 4.80. The number of thiazole rings is 2. The normalized spacial score (nSPS) is 11.2. The smallest absolute Gasteiger partial charge is 0.190 e. The van der Waals surface area contributed by atoms with Crippen LogP contribution < -0.4 is 10.1 Å². The highest BCUT2D eigenvalue weighted by Gasteiger charge is 2.10. The Labute approximate surface area is 133 Å². The molecule has 110 valence electrons. The summed E-state index contributed by atoms with van der Waals surface area (Å²) in [6, 6.07) is 10.7. The molecule has 0 saturated heterocycles. The highest BCUT2D eigenvalue weighted by atomic mass is 32.1. The molecule has 2 aromatic carbocycles. The third kappa shape index (κ3) is 2.28. The van der Waals surface area contributed by atoms with Crippen molar-refractivity contribution in [2.45, 2.75) is 0 Å². The second kappa shape index (κ2) is 5.19. The van der Waals surface area contributed by atoms with Crippen molar-refractivity contribution in [2.24, 2.45) is 0 Å². The summed E-state index contributed by atoms with van der Waals surface area (Å²) in [4.78, 5) is 8.80. The highest BCUT2D eigenvalue weighted by Crippen LogP contribution is 2.33. The minimum absolute atomic E-state index is 0.309.